The van der Waals surface area contributed by atoms with Crippen LogP contribution in [0.5, 0.6) is 0 Å². The van der Waals surface area contributed by atoms with Crippen LogP contribution < -0.4 is 4.90 Å². The number of hydrogen-bond donors (Lipinski definition) is 4. The van der Waals surface area contributed by atoms with Crippen molar-refractivity contribution in [3.8, 4) is 10.6 Å². The number of nitrogens with zero attached hydrogens (tertiary/aromatic N) is 4. The third-order valence-electron chi connectivity index (χ3n) is 5.25. The van der Waals surface area contributed by atoms with Gasteiger partial charge in [-0.15, -0.1) is 10.2 Å². The average molecular weight is 487 g/mol. The van der Waals surface area contributed by atoms with Crippen molar-refractivity contribution in [3.05, 3.63) is 29.3 Å². The van der Waals surface area contributed by atoms with E-state index in [1.54, 1.807) is 31.2 Å². The number of rotatable bonds is 4. The van der Waals surface area contributed by atoms with Gasteiger partial charge in [0.25, 0.3) is 5.91 Å². The Hall–Kier alpha value is -1.77. The van der Waals surface area contributed by atoms with Crippen molar-refractivity contribution in [1.82, 2.24) is 15.1 Å². The van der Waals surface area contributed by atoms with Crippen LogP contribution >= 0.6 is 35.2 Å². The second-order valence-corrected chi connectivity index (χ2v) is 8.91. The van der Waals surface area contributed by atoms with E-state index in [-0.39, 0.29) is 10.2 Å². The van der Waals surface area contributed by atoms with Crippen molar-refractivity contribution in [3.63, 3.8) is 0 Å². The first-order valence-corrected chi connectivity index (χ1v) is 10.9. The average Bonchev–Trinajstić information content (AvgIpc) is 3.31. The third kappa shape index (κ3) is 3.83. The summed E-state index contributed by atoms with van der Waals surface area (Å²) in [4.78, 5) is 15.5. The minimum absolute atomic E-state index is 0.000589. The molecule has 1 unspecified atom stereocenters. The van der Waals surface area contributed by atoms with Crippen molar-refractivity contribution < 1.29 is 30.0 Å². The minimum Gasteiger partial charge on any atom is -0.394 e. The van der Waals surface area contributed by atoms with Gasteiger partial charge in [-0.1, -0.05) is 35.1 Å². The van der Waals surface area contributed by atoms with Crippen LogP contribution in [-0.4, -0.2) is 89.8 Å². The quantitative estimate of drug-likeness (QED) is 0.436. The first-order valence-electron chi connectivity index (χ1n) is 9.30. The van der Waals surface area contributed by atoms with E-state index < -0.39 is 49.2 Å². The van der Waals surface area contributed by atoms with Crippen LogP contribution in [0.1, 0.15) is 6.92 Å². The molecule has 4 N–H and O–H groups in total. The fourth-order valence-electron chi connectivity index (χ4n) is 3.51. The van der Waals surface area contributed by atoms with Gasteiger partial charge in [0.1, 0.15) is 35.5 Å². The van der Waals surface area contributed by atoms with Crippen LogP contribution in [0.15, 0.2) is 24.3 Å². The highest BCUT2D eigenvalue weighted by Gasteiger charge is 2.53. The lowest BCUT2D eigenvalue weighted by molar-refractivity contribution is -0.256. The summed E-state index contributed by atoms with van der Waals surface area (Å²) in [5.74, 6) is -0.416. The SMILES string of the molecule is CC1C(=O)N(c2nnc(-c3ccc(Cl)cc3)s2)C(=S)N1[C@@H]1O[C@H](CO)[C@@H](O)[C@H](O)[C@H]1O. The molecule has 2 saturated heterocycles. The molecule has 1 amide bonds. The topological polar surface area (TPSA) is 139 Å². The van der Waals surface area contributed by atoms with Gasteiger partial charge in [-0.2, -0.15) is 0 Å². The molecule has 2 aliphatic rings. The number of benzene rings is 1. The number of aromatic nitrogens is 2. The van der Waals surface area contributed by atoms with E-state index in [0.29, 0.717) is 10.0 Å². The zero-order chi connectivity index (χ0) is 22.4. The van der Waals surface area contributed by atoms with Crippen molar-refractivity contribution in [2.45, 2.75) is 43.6 Å². The number of carbonyl (C=O) groups excluding carboxylic acids is 1. The van der Waals surface area contributed by atoms with Gasteiger partial charge in [-0.05, 0) is 31.3 Å². The van der Waals surface area contributed by atoms with E-state index in [2.05, 4.69) is 10.2 Å². The number of thiocarbonyl (C=S) groups is 1. The molecule has 0 saturated carbocycles. The Kier molecular flexibility index (Phi) is 6.25. The molecule has 0 bridgehead atoms. The van der Waals surface area contributed by atoms with Crippen LogP contribution in [0, 0.1) is 0 Å². The number of aliphatic hydroxyl groups excluding tert-OH is 4. The lowest BCUT2D eigenvalue weighted by Crippen LogP contribution is -2.64. The molecule has 0 radical (unpaired) electrons. The van der Waals surface area contributed by atoms with Gasteiger partial charge in [0, 0.05) is 10.6 Å². The Morgan fingerprint density at radius 3 is 2.48 bits per heavy atom. The zero-order valence-electron chi connectivity index (χ0n) is 16.1. The van der Waals surface area contributed by atoms with Gasteiger partial charge in [0.2, 0.25) is 5.13 Å². The first-order chi connectivity index (χ1) is 14.7. The number of anilines is 1. The summed E-state index contributed by atoms with van der Waals surface area (Å²) < 4.78 is 5.58. The standard InChI is InChI=1S/C18H19ClN4O6S2/c1-7-15(28)23(17-21-20-14(31-17)8-2-4-9(19)5-3-8)18(30)22(7)16-13(27)12(26)11(25)10(6-24)29-16/h2-5,7,10-13,16,24-27H,6H2,1H3/t7?,10-,11-,12+,13-,16-/m1/s1. The van der Waals surface area contributed by atoms with Gasteiger partial charge >= 0.3 is 0 Å². The molecule has 1 aromatic heterocycles. The van der Waals surface area contributed by atoms with E-state index in [1.807, 2.05) is 0 Å². The van der Waals surface area contributed by atoms with E-state index in [4.69, 9.17) is 28.6 Å². The molecule has 31 heavy (non-hydrogen) atoms. The number of hydrogen-bond acceptors (Lipinski definition) is 10. The maximum atomic E-state index is 13.0. The smallest absolute Gasteiger partial charge is 0.257 e. The van der Waals surface area contributed by atoms with E-state index in [0.717, 1.165) is 16.9 Å². The zero-order valence-corrected chi connectivity index (χ0v) is 18.5. The lowest BCUT2D eigenvalue weighted by atomic mass is 9.97. The molecule has 3 heterocycles. The summed E-state index contributed by atoms with van der Waals surface area (Å²) in [5.41, 5.74) is 0.768. The second-order valence-electron chi connectivity index (χ2n) is 7.16. The van der Waals surface area contributed by atoms with Gasteiger partial charge in [0.15, 0.2) is 11.3 Å². The predicted molar refractivity (Wildman–Crippen MR) is 116 cm³/mol. The van der Waals surface area contributed by atoms with Crippen molar-refractivity contribution in [2.24, 2.45) is 0 Å². The third-order valence-corrected chi connectivity index (χ3v) is 6.85. The summed E-state index contributed by atoms with van der Waals surface area (Å²) >= 11 is 12.5. The number of carbonyl (C=O) groups is 1. The van der Waals surface area contributed by atoms with Crippen LogP contribution in [0.3, 0.4) is 0 Å². The molecule has 2 aliphatic heterocycles. The lowest BCUT2D eigenvalue weighted by Gasteiger charge is -2.44. The first kappa shape index (κ1) is 22.4. The number of ether oxygens (including phenoxy) is 1. The van der Waals surface area contributed by atoms with Crippen molar-refractivity contribution >= 4 is 51.3 Å². The Bertz CT molecular complexity index is 990. The molecule has 0 spiro atoms. The molecule has 10 nitrogen and oxygen atoms in total. The summed E-state index contributed by atoms with van der Waals surface area (Å²) in [5, 5.41) is 49.6. The van der Waals surface area contributed by atoms with Crippen LogP contribution in [0.25, 0.3) is 10.6 Å². The Labute approximate surface area is 191 Å². The molecular formula is C18H19ClN4O6S2. The van der Waals surface area contributed by atoms with Gasteiger partial charge < -0.3 is 30.1 Å². The fourth-order valence-corrected chi connectivity index (χ4v) is 4.99. The number of halogens is 1. The van der Waals surface area contributed by atoms with Crippen LogP contribution in [-0.2, 0) is 9.53 Å². The Morgan fingerprint density at radius 2 is 1.84 bits per heavy atom. The molecule has 6 atom stereocenters. The van der Waals surface area contributed by atoms with Crippen LogP contribution in [0.4, 0.5) is 5.13 Å². The van der Waals surface area contributed by atoms with E-state index >= 15 is 0 Å². The molecule has 166 valence electrons. The largest absolute Gasteiger partial charge is 0.394 e. The summed E-state index contributed by atoms with van der Waals surface area (Å²) in [6.45, 7) is 0.978. The highest BCUT2D eigenvalue weighted by molar-refractivity contribution is 7.80. The monoisotopic (exact) mass is 486 g/mol. The second kappa shape index (κ2) is 8.64. The van der Waals surface area contributed by atoms with Gasteiger partial charge in [-0.3, -0.25) is 4.79 Å². The summed E-state index contributed by atoms with van der Waals surface area (Å²) in [7, 11) is 0. The Morgan fingerprint density at radius 1 is 1.16 bits per heavy atom. The maximum absolute atomic E-state index is 13.0. The fraction of sp³-hybridized carbons (Fsp3) is 0.444. The molecule has 1 aromatic carbocycles. The van der Waals surface area contributed by atoms with Gasteiger partial charge in [0.05, 0.1) is 6.61 Å². The van der Waals surface area contributed by atoms with Gasteiger partial charge in [-0.25, -0.2) is 4.90 Å². The predicted octanol–water partition coefficient (Wildman–Crippen LogP) is -0.0196. The highest BCUT2D eigenvalue weighted by Crippen LogP contribution is 2.35. The van der Waals surface area contributed by atoms with E-state index in [1.165, 1.54) is 9.80 Å². The van der Waals surface area contributed by atoms with Crippen LogP contribution in [0.2, 0.25) is 5.02 Å². The van der Waals surface area contributed by atoms with Crippen molar-refractivity contribution in [1.29, 1.82) is 0 Å². The number of aliphatic hydroxyl groups is 4. The maximum Gasteiger partial charge on any atom is 0.257 e. The van der Waals surface area contributed by atoms with Crippen molar-refractivity contribution in [2.75, 3.05) is 11.5 Å². The summed E-state index contributed by atoms with van der Waals surface area (Å²) in [6.07, 6.45) is -7.05. The number of amides is 1. The molecular weight excluding hydrogens is 468 g/mol. The normalized spacial score (nSPS) is 31.5. The molecule has 13 heteroatoms. The Balaban J connectivity index is 1.61. The van der Waals surface area contributed by atoms with E-state index in [9.17, 15) is 25.2 Å². The molecule has 0 aliphatic carbocycles. The molecule has 4 rings (SSSR count). The molecule has 2 fully saturated rings. The highest BCUT2D eigenvalue weighted by atomic mass is 35.5. The summed E-state index contributed by atoms with van der Waals surface area (Å²) in [6, 6.07) is 6.13. The molecule has 2 aromatic rings. The minimum atomic E-state index is -1.59.